The molecule has 114 valence electrons. The van der Waals surface area contributed by atoms with Gasteiger partial charge in [-0.05, 0) is 18.2 Å². The first-order chi connectivity index (χ1) is 11.3. The third-order valence-electron chi connectivity index (χ3n) is 3.87. The van der Waals surface area contributed by atoms with Gasteiger partial charge in [0.15, 0.2) is 0 Å². The summed E-state index contributed by atoms with van der Waals surface area (Å²) in [6.45, 7) is 1.06. The zero-order valence-electron chi connectivity index (χ0n) is 12.3. The quantitative estimate of drug-likeness (QED) is 0.726. The Morgan fingerprint density at radius 3 is 2.78 bits per heavy atom. The van der Waals surface area contributed by atoms with E-state index in [1.165, 1.54) is 12.4 Å². The highest BCUT2D eigenvalue weighted by Crippen LogP contribution is 2.26. The number of rotatable bonds is 2. The van der Waals surface area contributed by atoms with Crippen molar-refractivity contribution in [3.8, 4) is 11.5 Å². The van der Waals surface area contributed by atoms with Gasteiger partial charge in [0.2, 0.25) is 5.89 Å². The van der Waals surface area contributed by atoms with Crippen LogP contribution < -0.4 is 0 Å². The molecule has 3 aromatic rings. The Labute approximate surface area is 132 Å². The van der Waals surface area contributed by atoms with Gasteiger partial charge in [0.25, 0.3) is 5.91 Å². The molecule has 0 radical (unpaired) electrons. The fourth-order valence-electron chi connectivity index (χ4n) is 2.68. The normalized spacial score (nSPS) is 13.7. The number of nitrogens with zero attached hydrogens (tertiary/aromatic N) is 4. The highest BCUT2D eigenvalue weighted by molar-refractivity contribution is 5.93. The lowest BCUT2D eigenvalue weighted by atomic mass is 10.1. The van der Waals surface area contributed by atoms with Crippen LogP contribution in [0.5, 0.6) is 0 Å². The summed E-state index contributed by atoms with van der Waals surface area (Å²) in [6, 6.07) is 11.4. The number of benzene rings is 1. The molecule has 1 aliphatic rings. The Morgan fingerprint density at radius 1 is 1.13 bits per heavy atom. The summed E-state index contributed by atoms with van der Waals surface area (Å²) in [5.41, 5.74) is 2.30. The van der Waals surface area contributed by atoms with Gasteiger partial charge >= 0.3 is 0 Å². The van der Waals surface area contributed by atoms with Crippen LogP contribution in [0.15, 0.2) is 53.2 Å². The number of carbonyl (C=O) groups is 1. The van der Waals surface area contributed by atoms with Crippen LogP contribution in [0.4, 0.5) is 0 Å². The van der Waals surface area contributed by atoms with E-state index in [0.717, 1.165) is 17.0 Å². The summed E-state index contributed by atoms with van der Waals surface area (Å²) >= 11 is 0. The fraction of sp³-hybridized carbons (Fsp3) is 0.176. The molecule has 0 atom stereocenters. The molecule has 2 aromatic heterocycles. The third-order valence-corrected chi connectivity index (χ3v) is 3.87. The van der Waals surface area contributed by atoms with Crippen molar-refractivity contribution in [2.24, 2.45) is 0 Å². The van der Waals surface area contributed by atoms with Crippen molar-refractivity contribution in [1.29, 1.82) is 0 Å². The Bertz CT molecular complexity index is 830. The molecule has 23 heavy (non-hydrogen) atoms. The van der Waals surface area contributed by atoms with E-state index in [9.17, 15) is 4.79 Å². The molecule has 0 unspecified atom stereocenters. The third kappa shape index (κ3) is 2.59. The molecule has 6 nitrogen and oxygen atoms in total. The average molecular weight is 306 g/mol. The van der Waals surface area contributed by atoms with Crippen LogP contribution in [-0.4, -0.2) is 32.5 Å². The molecule has 0 saturated carbocycles. The van der Waals surface area contributed by atoms with Gasteiger partial charge < -0.3 is 9.32 Å². The van der Waals surface area contributed by atoms with E-state index in [4.69, 9.17) is 4.42 Å². The Hall–Kier alpha value is -3.02. The van der Waals surface area contributed by atoms with Crippen LogP contribution in [0.2, 0.25) is 0 Å². The Balaban J connectivity index is 1.58. The number of carbonyl (C=O) groups excluding carboxylic acids is 1. The first kappa shape index (κ1) is 13.6. The predicted octanol–water partition coefficient (Wildman–Crippen LogP) is 2.33. The van der Waals surface area contributed by atoms with Crippen LogP contribution in [-0.2, 0) is 13.0 Å². The summed E-state index contributed by atoms with van der Waals surface area (Å²) in [6.07, 6.45) is 3.67. The van der Waals surface area contributed by atoms with Gasteiger partial charge in [-0.15, -0.1) is 0 Å². The maximum atomic E-state index is 12.5. The second-order valence-electron chi connectivity index (χ2n) is 5.36. The van der Waals surface area contributed by atoms with Crippen molar-refractivity contribution < 1.29 is 9.21 Å². The zero-order valence-corrected chi connectivity index (χ0v) is 12.3. The lowest BCUT2D eigenvalue weighted by Gasteiger charge is -2.25. The van der Waals surface area contributed by atoms with Gasteiger partial charge in [-0.1, -0.05) is 18.2 Å². The van der Waals surface area contributed by atoms with E-state index < -0.39 is 0 Å². The lowest BCUT2D eigenvalue weighted by molar-refractivity contribution is 0.0727. The molecule has 1 amide bonds. The van der Waals surface area contributed by atoms with Crippen LogP contribution in [0.1, 0.15) is 21.8 Å². The molecule has 0 N–H and O–H groups in total. The topological polar surface area (TPSA) is 72.1 Å². The first-order valence-corrected chi connectivity index (χ1v) is 7.41. The largest absolute Gasteiger partial charge is 0.441 e. The van der Waals surface area contributed by atoms with Crippen LogP contribution >= 0.6 is 0 Å². The predicted molar refractivity (Wildman–Crippen MR) is 82.4 cm³/mol. The minimum atomic E-state index is -0.0604. The molecular formula is C17H14N4O2. The number of oxazole rings is 1. The Morgan fingerprint density at radius 2 is 2.00 bits per heavy atom. The zero-order chi connectivity index (χ0) is 15.6. The molecule has 3 heterocycles. The van der Waals surface area contributed by atoms with Gasteiger partial charge in [-0.25, -0.2) is 4.98 Å². The number of hydrogen-bond donors (Lipinski definition) is 0. The smallest absolute Gasteiger partial charge is 0.255 e. The Kier molecular flexibility index (Phi) is 3.34. The first-order valence-electron chi connectivity index (χ1n) is 7.41. The summed E-state index contributed by atoms with van der Waals surface area (Å²) in [7, 11) is 0. The molecule has 1 aromatic carbocycles. The van der Waals surface area contributed by atoms with Crippen LogP contribution in [0.3, 0.4) is 0 Å². The van der Waals surface area contributed by atoms with E-state index in [1.54, 1.807) is 11.0 Å². The van der Waals surface area contributed by atoms with E-state index in [2.05, 4.69) is 15.2 Å². The number of hydrogen-bond acceptors (Lipinski definition) is 5. The highest BCUT2D eigenvalue weighted by Gasteiger charge is 2.26. The van der Waals surface area contributed by atoms with Gasteiger partial charge in [0.05, 0.1) is 24.5 Å². The molecule has 0 bridgehead atoms. The van der Waals surface area contributed by atoms with Crippen LogP contribution in [0, 0.1) is 0 Å². The molecule has 0 spiro atoms. The summed E-state index contributed by atoms with van der Waals surface area (Å²) in [5.74, 6) is 1.41. The second kappa shape index (κ2) is 5.64. The van der Waals surface area contributed by atoms with E-state index in [-0.39, 0.29) is 5.91 Å². The molecule has 0 saturated heterocycles. The van der Waals surface area contributed by atoms with Gasteiger partial charge in [-0.2, -0.15) is 10.2 Å². The van der Waals surface area contributed by atoms with Crippen molar-refractivity contribution in [2.75, 3.05) is 6.54 Å². The summed E-state index contributed by atoms with van der Waals surface area (Å²) < 4.78 is 5.85. The number of fused-ring (bicyclic) bond motifs is 1. The lowest BCUT2D eigenvalue weighted by Crippen LogP contribution is -2.35. The van der Waals surface area contributed by atoms with E-state index in [0.29, 0.717) is 31.0 Å². The monoisotopic (exact) mass is 306 g/mol. The van der Waals surface area contributed by atoms with Gasteiger partial charge in [-0.3, -0.25) is 4.79 Å². The second-order valence-corrected chi connectivity index (χ2v) is 5.36. The average Bonchev–Trinajstić information content (AvgIpc) is 3.06. The van der Waals surface area contributed by atoms with Crippen molar-refractivity contribution in [1.82, 2.24) is 20.1 Å². The summed E-state index contributed by atoms with van der Waals surface area (Å²) in [4.78, 5) is 18.8. The maximum absolute atomic E-state index is 12.5. The van der Waals surface area contributed by atoms with E-state index in [1.807, 2.05) is 30.3 Å². The summed E-state index contributed by atoms with van der Waals surface area (Å²) in [5, 5.41) is 7.45. The van der Waals surface area contributed by atoms with Gasteiger partial charge in [0, 0.05) is 18.5 Å². The van der Waals surface area contributed by atoms with Crippen molar-refractivity contribution in [3.05, 3.63) is 65.8 Å². The van der Waals surface area contributed by atoms with Gasteiger partial charge in [0.1, 0.15) is 11.5 Å². The standard InChI is InChI=1S/C17H14N4O2/c22-17(13-6-8-18-19-10-13)21-9-7-15-14(11-21)20-16(23-15)12-4-2-1-3-5-12/h1-6,8,10H,7,9,11H2. The molecule has 0 aliphatic carbocycles. The minimum absolute atomic E-state index is 0.0604. The molecule has 0 fully saturated rings. The number of amides is 1. The molecule has 4 rings (SSSR count). The van der Waals surface area contributed by atoms with Crippen LogP contribution in [0.25, 0.3) is 11.5 Å². The maximum Gasteiger partial charge on any atom is 0.255 e. The van der Waals surface area contributed by atoms with Crippen molar-refractivity contribution in [2.45, 2.75) is 13.0 Å². The van der Waals surface area contributed by atoms with Crippen molar-refractivity contribution in [3.63, 3.8) is 0 Å². The highest BCUT2D eigenvalue weighted by atomic mass is 16.4. The molecule has 1 aliphatic heterocycles. The fourth-order valence-corrected chi connectivity index (χ4v) is 2.68. The number of aromatic nitrogens is 3. The molecule has 6 heteroatoms. The van der Waals surface area contributed by atoms with Crippen molar-refractivity contribution >= 4 is 5.91 Å². The SMILES string of the molecule is O=C(c1ccnnc1)N1CCc2oc(-c3ccccc3)nc2C1. The minimum Gasteiger partial charge on any atom is -0.441 e. The molecular weight excluding hydrogens is 292 g/mol. The van der Waals surface area contributed by atoms with E-state index >= 15 is 0 Å².